The van der Waals surface area contributed by atoms with Crippen molar-refractivity contribution >= 4 is 16.9 Å². The molecule has 0 amide bonds. The number of benzene rings is 2. The van der Waals surface area contributed by atoms with Crippen molar-refractivity contribution in [1.82, 2.24) is 0 Å². The summed E-state index contributed by atoms with van der Waals surface area (Å²) < 4.78 is 21.9. The molecule has 1 aromatic heterocycles. The van der Waals surface area contributed by atoms with Crippen LogP contribution < -0.4 is 14.2 Å². The Morgan fingerprint density at radius 1 is 1.21 bits per heavy atom. The van der Waals surface area contributed by atoms with Gasteiger partial charge in [0.05, 0.1) is 5.39 Å². The standard InChI is InChI=1S/C18H14O6/c1-10-16-13(3-2-4-14(16)24-17(10)18(19)20)21-8-11-5-6-12-15(7-11)23-9-22-12/h2-7H,8-9H2,1H3,(H,19,20). The molecule has 1 N–H and O–H groups in total. The summed E-state index contributed by atoms with van der Waals surface area (Å²) in [6.45, 7) is 2.26. The summed E-state index contributed by atoms with van der Waals surface area (Å²) in [6.07, 6.45) is 0. The third-order valence-electron chi connectivity index (χ3n) is 3.94. The third kappa shape index (κ3) is 2.32. The monoisotopic (exact) mass is 326 g/mol. The van der Waals surface area contributed by atoms with Crippen LogP contribution in [0.2, 0.25) is 0 Å². The molecule has 1 aliphatic rings. The number of hydrogen-bond acceptors (Lipinski definition) is 5. The molecule has 2 aromatic carbocycles. The maximum atomic E-state index is 11.2. The molecule has 0 spiro atoms. The fourth-order valence-electron chi connectivity index (χ4n) is 2.78. The van der Waals surface area contributed by atoms with Crippen LogP contribution in [-0.4, -0.2) is 17.9 Å². The lowest BCUT2D eigenvalue weighted by atomic mass is 10.1. The zero-order valence-corrected chi connectivity index (χ0v) is 12.9. The van der Waals surface area contributed by atoms with Gasteiger partial charge >= 0.3 is 5.97 Å². The highest BCUT2D eigenvalue weighted by Gasteiger charge is 2.20. The van der Waals surface area contributed by atoms with Crippen molar-refractivity contribution in [2.75, 3.05) is 6.79 Å². The first-order chi connectivity index (χ1) is 11.6. The van der Waals surface area contributed by atoms with Gasteiger partial charge in [0.2, 0.25) is 12.6 Å². The molecule has 0 atom stereocenters. The second-order valence-corrected chi connectivity index (χ2v) is 5.47. The smallest absolute Gasteiger partial charge is 0.372 e. The topological polar surface area (TPSA) is 78.1 Å². The van der Waals surface area contributed by atoms with Crippen LogP contribution in [0.4, 0.5) is 0 Å². The minimum Gasteiger partial charge on any atom is -0.488 e. The summed E-state index contributed by atoms with van der Waals surface area (Å²) >= 11 is 0. The Labute approximate surface area is 137 Å². The quantitative estimate of drug-likeness (QED) is 0.787. The highest BCUT2D eigenvalue weighted by Crippen LogP contribution is 2.35. The number of rotatable bonds is 4. The lowest BCUT2D eigenvalue weighted by Crippen LogP contribution is -1.97. The number of fused-ring (bicyclic) bond motifs is 2. The van der Waals surface area contributed by atoms with Gasteiger partial charge in [0.1, 0.15) is 17.9 Å². The van der Waals surface area contributed by atoms with Crippen LogP contribution in [0.3, 0.4) is 0 Å². The van der Waals surface area contributed by atoms with Crippen molar-refractivity contribution in [3.63, 3.8) is 0 Å². The largest absolute Gasteiger partial charge is 0.488 e. The van der Waals surface area contributed by atoms with Gasteiger partial charge in [0.15, 0.2) is 11.5 Å². The fraction of sp³-hybridized carbons (Fsp3) is 0.167. The molecule has 122 valence electrons. The molecule has 2 heterocycles. The molecule has 4 rings (SSSR count). The van der Waals surface area contributed by atoms with Crippen LogP contribution in [0, 0.1) is 6.92 Å². The van der Waals surface area contributed by atoms with E-state index in [-0.39, 0.29) is 12.6 Å². The molecule has 0 aliphatic carbocycles. The van der Waals surface area contributed by atoms with E-state index in [0.717, 1.165) is 11.3 Å². The van der Waals surface area contributed by atoms with Gasteiger partial charge in [0, 0.05) is 5.56 Å². The van der Waals surface area contributed by atoms with Gasteiger partial charge in [-0.25, -0.2) is 4.79 Å². The van der Waals surface area contributed by atoms with Gasteiger partial charge in [-0.1, -0.05) is 12.1 Å². The Morgan fingerprint density at radius 2 is 2.04 bits per heavy atom. The summed E-state index contributed by atoms with van der Waals surface area (Å²) in [7, 11) is 0. The van der Waals surface area contributed by atoms with E-state index in [1.165, 1.54) is 0 Å². The summed E-state index contributed by atoms with van der Waals surface area (Å²) in [5.41, 5.74) is 1.97. The van der Waals surface area contributed by atoms with E-state index in [1.54, 1.807) is 25.1 Å². The van der Waals surface area contributed by atoms with Crippen molar-refractivity contribution in [2.24, 2.45) is 0 Å². The van der Waals surface area contributed by atoms with Crippen LogP contribution in [0.15, 0.2) is 40.8 Å². The number of carboxylic acid groups (broad SMARTS) is 1. The van der Waals surface area contributed by atoms with E-state index >= 15 is 0 Å². The summed E-state index contributed by atoms with van der Waals surface area (Å²) in [4.78, 5) is 11.2. The fourth-order valence-corrected chi connectivity index (χ4v) is 2.78. The number of hydrogen-bond donors (Lipinski definition) is 1. The number of aryl methyl sites for hydroxylation is 1. The first-order valence-electron chi connectivity index (χ1n) is 7.40. The van der Waals surface area contributed by atoms with Gasteiger partial charge in [-0.05, 0) is 36.8 Å². The van der Waals surface area contributed by atoms with E-state index < -0.39 is 5.97 Å². The molecule has 6 heteroatoms. The lowest BCUT2D eigenvalue weighted by Gasteiger charge is -2.08. The molecule has 0 fully saturated rings. The second-order valence-electron chi connectivity index (χ2n) is 5.47. The van der Waals surface area contributed by atoms with Crippen molar-refractivity contribution in [1.29, 1.82) is 0 Å². The van der Waals surface area contributed by atoms with Crippen LogP contribution in [0.5, 0.6) is 17.2 Å². The van der Waals surface area contributed by atoms with Crippen LogP contribution in [0.1, 0.15) is 21.7 Å². The van der Waals surface area contributed by atoms with Crippen molar-refractivity contribution < 1.29 is 28.5 Å². The minimum absolute atomic E-state index is 0.0656. The van der Waals surface area contributed by atoms with E-state index in [1.807, 2.05) is 18.2 Å². The summed E-state index contributed by atoms with van der Waals surface area (Å²) in [5.74, 6) is 0.841. The number of furan rings is 1. The van der Waals surface area contributed by atoms with E-state index in [4.69, 9.17) is 18.6 Å². The van der Waals surface area contributed by atoms with E-state index in [2.05, 4.69) is 0 Å². The lowest BCUT2D eigenvalue weighted by molar-refractivity contribution is 0.0664. The van der Waals surface area contributed by atoms with Crippen LogP contribution >= 0.6 is 0 Å². The van der Waals surface area contributed by atoms with Gasteiger partial charge in [0.25, 0.3) is 0 Å². The number of ether oxygens (including phenoxy) is 3. The maximum Gasteiger partial charge on any atom is 0.372 e. The molecule has 0 unspecified atom stereocenters. The zero-order chi connectivity index (χ0) is 16.7. The van der Waals surface area contributed by atoms with Gasteiger partial charge < -0.3 is 23.7 Å². The molecule has 0 saturated carbocycles. The molecule has 0 radical (unpaired) electrons. The average molecular weight is 326 g/mol. The number of carboxylic acids is 1. The Balaban J connectivity index is 1.64. The molecule has 0 saturated heterocycles. The van der Waals surface area contributed by atoms with Gasteiger partial charge in [-0.3, -0.25) is 0 Å². The van der Waals surface area contributed by atoms with E-state index in [0.29, 0.717) is 34.6 Å². The Bertz CT molecular complexity index is 940. The molecular weight excluding hydrogens is 312 g/mol. The zero-order valence-electron chi connectivity index (χ0n) is 12.9. The summed E-state index contributed by atoms with van der Waals surface area (Å²) in [5, 5.41) is 9.87. The number of carbonyl (C=O) groups is 1. The normalized spacial score (nSPS) is 12.5. The molecule has 24 heavy (non-hydrogen) atoms. The second kappa shape index (κ2) is 5.49. The minimum atomic E-state index is -1.09. The average Bonchev–Trinajstić information content (AvgIpc) is 3.17. The number of aromatic carboxylic acids is 1. The highest BCUT2D eigenvalue weighted by atomic mass is 16.7. The maximum absolute atomic E-state index is 11.2. The van der Waals surface area contributed by atoms with Crippen molar-refractivity contribution in [3.8, 4) is 17.2 Å². The predicted octanol–water partition coefficient (Wildman–Crippen LogP) is 3.75. The third-order valence-corrected chi connectivity index (χ3v) is 3.94. The Hall–Kier alpha value is -3.15. The highest BCUT2D eigenvalue weighted by molar-refractivity contribution is 5.97. The predicted molar refractivity (Wildman–Crippen MR) is 84.8 cm³/mol. The SMILES string of the molecule is Cc1c(C(=O)O)oc2cccc(OCc3ccc4c(c3)OCO4)c12. The van der Waals surface area contributed by atoms with Crippen molar-refractivity contribution in [3.05, 3.63) is 53.3 Å². The van der Waals surface area contributed by atoms with Gasteiger partial charge in [-0.15, -0.1) is 0 Å². The Kier molecular flexibility index (Phi) is 3.30. The molecule has 3 aromatic rings. The molecule has 6 nitrogen and oxygen atoms in total. The summed E-state index contributed by atoms with van der Waals surface area (Å²) in [6, 6.07) is 10.9. The molecular formula is C18H14O6. The van der Waals surface area contributed by atoms with Crippen LogP contribution in [-0.2, 0) is 6.61 Å². The van der Waals surface area contributed by atoms with Crippen LogP contribution in [0.25, 0.3) is 11.0 Å². The Morgan fingerprint density at radius 3 is 2.88 bits per heavy atom. The first-order valence-corrected chi connectivity index (χ1v) is 7.40. The van der Waals surface area contributed by atoms with Gasteiger partial charge in [-0.2, -0.15) is 0 Å². The van der Waals surface area contributed by atoms with E-state index in [9.17, 15) is 9.90 Å². The van der Waals surface area contributed by atoms with Crippen molar-refractivity contribution in [2.45, 2.75) is 13.5 Å². The molecule has 1 aliphatic heterocycles. The first kappa shape index (κ1) is 14.4. The molecule has 0 bridgehead atoms.